The van der Waals surface area contributed by atoms with Crippen molar-refractivity contribution in [3.63, 3.8) is 0 Å². The van der Waals surface area contributed by atoms with Crippen LogP contribution in [0.1, 0.15) is 16.1 Å². The van der Waals surface area contributed by atoms with E-state index in [2.05, 4.69) is 21.2 Å². The van der Waals surface area contributed by atoms with Crippen molar-refractivity contribution in [2.75, 3.05) is 5.32 Å². The normalized spacial score (nSPS) is 10.3. The van der Waals surface area contributed by atoms with E-state index in [-0.39, 0.29) is 5.76 Å². The number of hydrogen-bond donors (Lipinski definition) is 1. The van der Waals surface area contributed by atoms with E-state index in [1.807, 2.05) is 6.92 Å². The van der Waals surface area contributed by atoms with E-state index in [4.69, 9.17) is 16.0 Å². The zero-order valence-electron chi connectivity index (χ0n) is 10.1. The van der Waals surface area contributed by atoms with E-state index < -0.39 is 16.7 Å². The van der Waals surface area contributed by atoms with Gasteiger partial charge in [0.15, 0.2) is 5.76 Å². The smallest absolute Gasteiger partial charge is 0.395 e. The van der Waals surface area contributed by atoms with Crippen LogP contribution in [0, 0.1) is 17.0 Å². The van der Waals surface area contributed by atoms with Crippen molar-refractivity contribution in [1.29, 1.82) is 0 Å². The maximum Gasteiger partial charge on any atom is 0.433 e. The number of nitrogens with one attached hydrogen (secondary N) is 1. The van der Waals surface area contributed by atoms with Crippen LogP contribution in [0.2, 0.25) is 5.02 Å². The van der Waals surface area contributed by atoms with E-state index in [0.29, 0.717) is 15.2 Å². The van der Waals surface area contributed by atoms with E-state index in [0.717, 1.165) is 11.6 Å². The zero-order valence-corrected chi connectivity index (χ0v) is 12.5. The van der Waals surface area contributed by atoms with Gasteiger partial charge in [-0.1, -0.05) is 11.6 Å². The van der Waals surface area contributed by atoms with E-state index >= 15 is 0 Å². The second-order valence-electron chi connectivity index (χ2n) is 3.93. The van der Waals surface area contributed by atoms with Crippen LogP contribution in [0.15, 0.2) is 33.2 Å². The Kier molecular flexibility index (Phi) is 4.10. The monoisotopic (exact) mass is 358 g/mol. The number of rotatable bonds is 3. The highest BCUT2D eigenvalue weighted by Crippen LogP contribution is 2.29. The zero-order chi connectivity index (χ0) is 14.9. The summed E-state index contributed by atoms with van der Waals surface area (Å²) in [6.07, 6.45) is 0. The molecule has 1 aromatic carbocycles. The van der Waals surface area contributed by atoms with E-state index in [1.165, 1.54) is 6.07 Å². The summed E-state index contributed by atoms with van der Waals surface area (Å²) in [5.41, 5.74) is 1.30. The average molecular weight is 360 g/mol. The molecule has 1 aromatic heterocycles. The molecule has 1 amide bonds. The molecular weight excluding hydrogens is 351 g/mol. The molecule has 1 N–H and O–H groups in total. The Morgan fingerprint density at radius 3 is 2.75 bits per heavy atom. The predicted molar refractivity (Wildman–Crippen MR) is 77.2 cm³/mol. The maximum atomic E-state index is 11.9. The number of carbonyl (C=O) groups excluding carboxylic acids is 1. The number of furan rings is 1. The first kappa shape index (κ1) is 14.5. The summed E-state index contributed by atoms with van der Waals surface area (Å²) in [5, 5.41) is 13.5. The van der Waals surface area contributed by atoms with Gasteiger partial charge in [0.1, 0.15) is 4.92 Å². The van der Waals surface area contributed by atoms with Crippen LogP contribution in [0.25, 0.3) is 0 Å². The van der Waals surface area contributed by atoms with Crippen molar-refractivity contribution in [1.82, 2.24) is 0 Å². The number of benzene rings is 1. The first-order chi connectivity index (χ1) is 9.38. The Labute approximate surface area is 127 Å². The van der Waals surface area contributed by atoms with Gasteiger partial charge in [-0.2, -0.15) is 0 Å². The maximum absolute atomic E-state index is 11.9. The molecule has 0 aliphatic heterocycles. The van der Waals surface area contributed by atoms with Crippen LogP contribution in [0.4, 0.5) is 11.6 Å². The van der Waals surface area contributed by atoms with Gasteiger partial charge < -0.3 is 9.73 Å². The Morgan fingerprint density at radius 1 is 1.45 bits per heavy atom. The molecule has 0 bridgehead atoms. The van der Waals surface area contributed by atoms with Crippen molar-refractivity contribution in [2.45, 2.75) is 6.92 Å². The lowest BCUT2D eigenvalue weighted by Crippen LogP contribution is -2.11. The number of carbonyl (C=O) groups is 1. The third-order valence-electron chi connectivity index (χ3n) is 2.49. The lowest BCUT2D eigenvalue weighted by atomic mass is 10.2. The van der Waals surface area contributed by atoms with Crippen molar-refractivity contribution < 1.29 is 14.1 Å². The molecule has 1 heterocycles. The molecule has 0 radical (unpaired) electrons. The van der Waals surface area contributed by atoms with Crippen molar-refractivity contribution in [2.24, 2.45) is 0 Å². The fourth-order valence-corrected chi connectivity index (χ4v) is 2.19. The van der Waals surface area contributed by atoms with Crippen LogP contribution in [-0.4, -0.2) is 10.8 Å². The van der Waals surface area contributed by atoms with Gasteiger partial charge in [-0.25, -0.2) is 0 Å². The fraction of sp³-hybridized carbons (Fsp3) is 0.0833. The van der Waals surface area contributed by atoms with Gasteiger partial charge >= 0.3 is 5.88 Å². The minimum Gasteiger partial charge on any atom is -0.395 e. The Hall–Kier alpha value is -1.86. The SMILES string of the molecule is Cc1cc(Br)c(NC(=O)c2ccc([N+](=O)[O-])o2)cc1Cl. The molecule has 0 aliphatic rings. The number of amides is 1. The third-order valence-corrected chi connectivity index (χ3v) is 3.56. The molecule has 8 heteroatoms. The van der Waals surface area contributed by atoms with Crippen LogP contribution in [-0.2, 0) is 0 Å². The highest BCUT2D eigenvalue weighted by Gasteiger charge is 2.18. The Balaban J connectivity index is 2.23. The number of hydrogen-bond acceptors (Lipinski definition) is 4. The molecule has 2 rings (SSSR count). The van der Waals surface area contributed by atoms with Gasteiger partial charge in [-0.15, -0.1) is 0 Å². The largest absolute Gasteiger partial charge is 0.433 e. The molecule has 0 atom stereocenters. The first-order valence-electron chi connectivity index (χ1n) is 5.39. The molecular formula is C12H8BrClN2O4. The van der Waals surface area contributed by atoms with E-state index in [1.54, 1.807) is 12.1 Å². The number of halogens is 2. The molecule has 0 spiro atoms. The number of nitro groups is 1. The molecule has 104 valence electrons. The third kappa shape index (κ3) is 3.00. The Bertz CT molecular complexity index is 699. The highest BCUT2D eigenvalue weighted by molar-refractivity contribution is 9.10. The summed E-state index contributed by atoms with van der Waals surface area (Å²) < 4.78 is 5.46. The predicted octanol–water partition coefficient (Wildman–Crippen LogP) is 4.16. The van der Waals surface area contributed by atoms with Gasteiger partial charge in [0.2, 0.25) is 0 Å². The van der Waals surface area contributed by atoms with Gasteiger partial charge in [0, 0.05) is 9.50 Å². The average Bonchev–Trinajstić information content (AvgIpc) is 2.85. The Morgan fingerprint density at radius 2 is 2.15 bits per heavy atom. The molecule has 0 saturated heterocycles. The minimum atomic E-state index is -0.713. The molecule has 6 nitrogen and oxygen atoms in total. The summed E-state index contributed by atoms with van der Waals surface area (Å²) in [7, 11) is 0. The molecule has 0 fully saturated rings. The van der Waals surface area contributed by atoms with Crippen LogP contribution < -0.4 is 5.32 Å². The lowest BCUT2D eigenvalue weighted by Gasteiger charge is -2.08. The fourth-order valence-electron chi connectivity index (χ4n) is 1.47. The lowest BCUT2D eigenvalue weighted by molar-refractivity contribution is -0.402. The second-order valence-corrected chi connectivity index (χ2v) is 5.19. The number of aryl methyl sites for hydroxylation is 1. The summed E-state index contributed by atoms with van der Waals surface area (Å²) in [4.78, 5) is 21.7. The van der Waals surface area contributed by atoms with Gasteiger partial charge in [-0.05, 0) is 46.6 Å². The summed E-state index contributed by atoms with van der Waals surface area (Å²) >= 11 is 9.27. The summed E-state index contributed by atoms with van der Waals surface area (Å²) in [6.45, 7) is 1.83. The second kappa shape index (κ2) is 5.64. The summed E-state index contributed by atoms with van der Waals surface area (Å²) in [6, 6.07) is 5.68. The topological polar surface area (TPSA) is 85.4 Å². The molecule has 0 saturated carbocycles. The van der Waals surface area contributed by atoms with Crippen molar-refractivity contribution in [3.05, 3.63) is 55.2 Å². The van der Waals surface area contributed by atoms with Gasteiger partial charge in [0.05, 0.1) is 11.8 Å². The van der Waals surface area contributed by atoms with Crippen LogP contribution in [0.3, 0.4) is 0 Å². The van der Waals surface area contributed by atoms with Crippen molar-refractivity contribution in [3.8, 4) is 0 Å². The number of anilines is 1. The van der Waals surface area contributed by atoms with Gasteiger partial charge in [-0.3, -0.25) is 14.9 Å². The van der Waals surface area contributed by atoms with Crippen LogP contribution in [0.5, 0.6) is 0 Å². The van der Waals surface area contributed by atoms with Crippen LogP contribution >= 0.6 is 27.5 Å². The minimum absolute atomic E-state index is 0.153. The highest BCUT2D eigenvalue weighted by atomic mass is 79.9. The molecule has 20 heavy (non-hydrogen) atoms. The van der Waals surface area contributed by atoms with Gasteiger partial charge in [0.25, 0.3) is 5.91 Å². The molecule has 2 aromatic rings. The van der Waals surface area contributed by atoms with Crippen molar-refractivity contribution >= 4 is 45.0 Å². The van der Waals surface area contributed by atoms with E-state index in [9.17, 15) is 14.9 Å². The summed E-state index contributed by atoms with van der Waals surface area (Å²) in [5.74, 6) is -1.24. The first-order valence-corrected chi connectivity index (χ1v) is 6.57. The number of nitrogens with zero attached hydrogens (tertiary/aromatic N) is 1. The molecule has 0 aliphatic carbocycles. The quantitative estimate of drug-likeness (QED) is 0.658. The molecule has 0 unspecified atom stereocenters. The standard InChI is InChI=1S/C12H8BrClN2O4/c1-6-4-7(13)9(5-8(6)14)15-12(17)10-2-3-11(20-10)16(18)19/h2-5H,1H3,(H,15,17).